The lowest BCUT2D eigenvalue weighted by molar-refractivity contribution is 0.321. The van der Waals surface area contributed by atoms with Crippen molar-refractivity contribution in [3.8, 4) is 17.2 Å². The van der Waals surface area contributed by atoms with Crippen LogP contribution in [0.2, 0.25) is 10.0 Å². The fourth-order valence-corrected chi connectivity index (χ4v) is 2.25. The van der Waals surface area contributed by atoms with Gasteiger partial charge >= 0.3 is 0 Å². The van der Waals surface area contributed by atoms with Crippen molar-refractivity contribution in [3.63, 3.8) is 0 Å². The summed E-state index contributed by atoms with van der Waals surface area (Å²) < 4.78 is 5.51. The van der Waals surface area contributed by atoms with Crippen LogP contribution < -0.4 is 4.74 Å². The minimum Gasteiger partial charge on any atom is -0.508 e. The first kappa shape index (κ1) is 13.8. The van der Waals surface area contributed by atoms with Gasteiger partial charge in [0.1, 0.15) is 11.5 Å². The standard InChI is InChI=1S/C14H12Cl2O3/c15-12-7-11(18)8-13(16)14(12)19-5-4-9-2-1-3-10(17)6-9/h1-3,6-8,17-18H,4-5H2. The van der Waals surface area contributed by atoms with Crippen LogP contribution in [0.1, 0.15) is 5.56 Å². The summed E-state index contributed by atoms with van der Waals surface area (Å²) in [6.45, 7) is 0.369. The SMILES string of the molecule is Oc1cccc(CCOc2c(Cl)cc(O)cc2Cl)c1. The molecule has 0 aliphatic carbocycles. The second-order valence-corrected chi connectivity index (χ2v) is 4.82. The Morgan fingerprint density at radius 1 is 0.947 bits per heavy atom. The van der Waals surface area contributed by atoms with Crippen LogP contribution in [-0.2, 0) is 6.42 Å². The maximum Gasteiger partial charge on any atom is 0.156 e. The van der Waals surface area contributed by atoms with Gasteiger partial charge < -0.3 is 14.9 Å². The van der Waals surface area contributed by atoms with Crippen LogP contribution in [0.5, 0.6) is 17.2 Å². The average molecular weight is 299 g/mol. The van der Waals surface area contributed by atoms with Crippen molar-refractivity contribution in [3.05, 3.63) is 52.0 Å². The van der Waals surface area contributed by atoms with Gasteiger partial charge in [-0.3, -0.25) is 0 Å². The Bertz CT molecular complexity index is 562. The average Bonchev–Trinajstić information content (AvgIpc) is 2.32. The van der Waals surface area contributed by atoms with Crippen LogP contribution in [0.4, 0.5) is 0 Å². The van der Waals surface area contributed by atoms with Gasteiger partial charge in [-0.25, -0.2) is 0 Å². The van der Waals surface area contributed by atoms with E-state index in [4.69, 9.17) is 27.9 Å². The van der Waals surface area contributed by atoms with E-state index in [1.807, 2.05) is 6.07 Å². The maximum absolute atomic E-state index is 9.34. The lowest BCUT2D eigenvalue weighted by Gasteiger charge is -2.10. The Labute approximate surface area is 121 Å². The van der Waals surface area contributed by atoms with Gasteiger partial charge in [0.15, 0.2) is 5.75 Å². The van der Waals surface area contributed by atoms with Crippen molar-refractivity contribution < 1.29 is 14.9 Å². The highest BCUT2D eigenvalue weighted by Crippen LogP contribution is 2.36. The molecule has 2 aromatic rings. The predicted octanol–water partition coefficient (Wildman–Crippen LogP) is 4.03. The molecule has 0 aliphatic rings. The van der Waals surface area contributed by atoms with Crippen LogP contribution in [0.3, 0.4) is 0 Å². The highest BCUT2D eigenvalue weighted by molar-refractivity contribution is 6.37. The van der Waals surface area contributed by atoms with Gasteiger partial charge in [0.2, 0.25) is 0 Å². The smallest absolute Gasteiger partial charge is 0.156 e. The zero-order valence-electron chi connectivity index (χ0n) is 9.94. The molecule has 0 bridgehead atoms. The minimum absolute atomic E-state index is 0.00432. The van der Waals surface area contributed by atoms with E-state index in [0.29, 0.717) is 18.8 Å². The summed E-state index contributed by atoms with van der Waals surface area (Å²) in [5.41, 5.74) is 0.950. The molecule has 0 saturated heterocycles. The molecular formula is C14H12Cl2O3. The van der Waals surface area contributed by atoms with Crippen LogP contribution >= 0.6 is 23.2 Å². The van der Waals surface area contributed by atoms with Crippen LogP contribution in [0.15, 0.2) is 36.4 Å². The largest absolute Gasteiger partial charge is 0.508 e. The Morgan fingerprint density at radius 3 is 2.26 bits per heavy atom. The summed E-state index contributed by atoms with van der Waals surface area (Å²) >= 11 is 11.9. The summed E-state index contributed by atoms with van der Waals surface area (Å²) in [6.07, 6.45) is 0.613. The molecule has 0 unspecified atom stereocenters. The second-order valence-electron chi connectivity index (χ2n) is 4.01. The van der Waals surface area contributed by atoms with Crippen LogP contribution in [-0.4, -0.2) is 16.8 Å². The normalized spacial score (nSPS) is 10.4. The number of phenols is 2. The first-order valence-corrected chi connectivity index (χ1v) is 6.40. The van der Waals surface area contributed by atoms with Crippen molar-refractivity contribution in [2.45, 2.75) is 6.42 Å². The van der Waals surface area contributed by atoms with E-state index in [0.717, 1.165) is 5.56 Å². The Kier molecular flexibility index (Phi) is 4.40. The quantitative estimate of drug-likeness (QED) is 0.896. The molecule has 5 heteroatoms. The lowest BCUT2D eigenvalue weighted by atomic mass is 10.1. The molecule has 0 spiro atoms. The molecule has 0 saturated carbocycles. The Balaban J connectivity index is 2.00. The number of phenolic OH excluding ortho intramolecular Hbond substituents is 2. The van der Waals surface area contributed by atoms with Crippen molar-refractivity contribution in [2.75, 3.05) is 6.61 Å². The molecule has 0 aliphatic heterocycles. The number of hydrogen-bond donors (Lipinski definition) is 2. The molecule has 0 atom stereocenters. The second kappa shape index (κ2) is 6.04. The molecule has 2 N–H and O–H groups in total. The van der Waals surface area contributed by atoms with E-state index in [1.165, 1.54) is 12.1 Å². The number of ether oxygens (including phenoxy) is 1. The molecule has 2 aromatic carbocycles. The van der Waals surface area contributed by atoms with E-state index in [-0.39, 0.29) is 21.5 Å². The van der Waals surface area contributed by atoms with Crippen molar-refractivity contribution >= 4 is 23.2 Å². The Hall–Kier alpha value is -1.58. The van der Waals surface area contributed by atoms with Gasteiger partial charge in [-0.2, -0.15) is 0 Å². The number of halogens is 2. The first-order valence-electron chi connectivity index (χ1n) is 5.65. The summed E-state index contributed by atoms with van der Waals surface area (Å²) in [6, 6.07) is 9.68. The number of aromatic hydroxyl groups is 2. The molecule has 3 nitrogen and oxygen atoms in total. The van der Waals surface area contributed by atoms with Gasteiger partial charge in [-0.1, -0.05) is 35.3 Å². The fraction of sp³-hybridized carbons (Fsp3) is 0.143. The van der Waals surface area contributed by atoms with E-state index in [1.54, 1.807) is 18.2 Å². The molecule has 0 fully saturated rings. The molecule has 2 rings (SSSR count). The van der Waals surface area contributed by atoms with Crippen molar-refractivity contribution in [2.24, 2.45) is 0 Å². The van der Waals surface area contributed by atoms with Crippen molar-refractivity contribution in [1.29, 1.82) is 0 Å². The van der Waals surface area contributed by atoms with E-state index in [9.17, 15) is 10.2 Å². The topological polar surface area (TPSA) is 49.7 Å². The highest BCUT2D eigenvalue weighted by Gasteiger charge is 2.09. The van der Waals surface area contributed by atoms with Crippen LogP contribution in [0, 0.1) is 0 Å². The molecule has 0 aromatic heterocycles. The highest BCUT2D eigenvalue weighted by atomic mass is 35.5. The number of benzene rings is 2. The zero-order valence-corrected chi connectivity index (χ0v) is 11.4. The van der Waals surface area contributed by atoms with Gasteiger partial charge in [0, 0.05) is 18.6 Å². The zero-order chi connectivity index (χ0) is 13.8. The van der Waals surface area contributed by atoms with E-state index in [2.05, 4.69) is 0 Å². The molecule has 0 amide bonds. The molecular weight excluding hydrogens is 287 g/mol. The van der Waals surface area contributed by atoms with Crippen LogP contribution in [0.25, 0.3) is 0 Å². The summed E-state index contributed by atoms with van der Waals surface area (Å²) in [7, 11) is 0. The van der Waals surface area contributed by atoms with E-state index < -0.39 is 0 Å². The summed E-state index contributed by atoms with van der Waals surface area (Å²) in [5, 5.41) is 19.2. The Morgan fingerprint density at radius 2 is 1.63 bits per heavy atom. The monoisotopic (exact) mass is 298 g/mol. The van der Waals surface area contributed by atoms with Gasteiger partial charge in [-0.05, 0) is 17.7 Å². The molecule has 19 heavy (non-hydrogen) atoms. The maximum atomic E-state index is 9.34. The first-order chi connectivity index (χ1) is 9.06. The molecule has 100 valence electrons. The van der Waals surface area contributed by atoms with Gasteiger partial charge in [-0.15, -0.1) is 0 Å². The third kappa shape index (κ3) is 3.69. The third-order valence-corrected chi connectivity index (χ3v) is 3.09. The number of hydrogen-bond acceptors (Lipinski definition) is 3. The lowest BCUT2D eigenvalue weighted by Crippen LogP contribution is -2.02. The molecule has 0 radical (unpaired) electrons. The fourth-order valence-electron chi connectivity index (χ4n) is 1.67. The van der Waals surface area contributed by atoms with Gasteiger partial charge in [0.05, 0.1) is 16.7 Å². The summed E-state index contributed by atoms with van der Waals surface area (Å²) in [4.78, 5) is 0. The summed E-state index contributed by atoms with van der Waals surface area (Å²) in [5.74, 6) is 0.565. The van der Waals surface area contributed by atoms with Gasteiger partial charge in [0.25, 0.3) is 0 Å². The van der Waals surface area contributed by atoms with Crippen molar-refractivity contribution in [1.82, 2.24) is 0 Å². The predicted molar refractivity (Wildman–Crippen MR) is 75.4 cm³/mol. The minimum atomic E-state index is -0.00432. The number of rotatable bonds is 4. The molecule has 0 heterocycles. The third-order valence-electron chi connectivity index (χ3n) is 2.53. The van der Waals surface area contributed by atoms with E-state index >= 15 is 0 Å².